The third-order valence-corrected chi connectivity index (χ3v) is 4.54. The number of methoxy groups -OCH3 is 1. The number of fused-ring (bicyclic) bond motifs is 2. The van der Waals surface area contributed by atoms with Gasteiger partial charge in [-0.1, -0.05) is 12.1 Å². The van der Waals surface area contributed by atoms with Crippen LogP contribution in [0, 0.1) is 0 Å². The molecule has 1 aliphatic rings. The van der Waals surface area contributed by atoms with E-state index >= 15 is 0 Å². The lowest BCUT2D eigenvalue weighted by Crippen LogP contribution is -2.36. The van der Waals surface area contributed by atoms with Crippen molar-refractivity contribution in [3.8, 4) is 5.75 Å². The molecule has 3 heterocycles. The Hall–Kier alpha value is -3.42. The number of carbonyl (C=O) groups is 2. The van der Waals surface area contributed by atoms with E-state index in [9.17, 15) is 9.59 Å². The van der Waals surface area contributed by atoms with E-state index in [0.717, 1.165) is 5.39 Å². The number of aromatic nitrogens is 3. The second-order valence-electron chi connectivity index (χ2n) is 6.04. The molecule has 2 N–H and O–H groups in total. The van der Waals surface area contributed by atoms with Gasteiger partial charge in [-0.05, 0) is 18.6 Å². The average molecular weight is 352 g/mol. The number of hydrogen-bond acceptors (Lipinski definition) is 5. The number of carboxylic acid groups (broad SMARTS) is 1. The van der Waals surface area contributed by atoms with Crippen LogP contribution in [0.25, 0.3) is 10.9 Å². The van der Waals surface area contributed by atoms with Crippen LogP contribution in [-0.4, -0.2) is 50.7 Å². The number of hydrogen-bond donors (Lipinski definition) is 2. The summed E-state index contributed by atoms with van der Waals surface area (Å²) >= 11 is 0. The molecule has 4 rings (SSSR count). The predicted octanol–water partition coefficient (Wildman–Crippen LogP) is 1.86. The maximum Gasteiger partial charge on any atom is 0.356 e. The molecule has 1 aromatic carbocycles. The normalized spacial score (nSPS) is 13.5. The molecule has 8 heteroatoms. The highest BCUT2D eigenvalue weighted by atomic mass is 16.5. The van der Waals surface area contributed by atoms with E-state index in [1.54, 1.807) is 18.1 Å². The molecule has 1 aliphatic heterocycles. The number of H-pyrrole nitrogens is 1. The molecule has 3 aromatic rings. The zero-order valence-corrected chi connectivity index (χ0v) is 14.0. The summed E-state index contributed by atoms with van der Waals surface area (Å²) in [6.45, 7) is 0.674. The molecular formula is C18H16N4O4. The molecule has 0 aliphatic carbocycles. The number of benzene rings is 1. The molecule has 0 spiro atoms. The Labute approximate surface area is 148 Å². The van der Waals surface area contributed by atoms with Crippen LogP contribution >= 0.6 is 0 Å². The monoisotopic (exact) mass is 352 g/mol. The SMILES string of the molecule is COc1cc(C(=O)N2CCc3c(C(=O)O)n[nH]c3C2)nc2ccccc12. The van der Waals surface area contributed by atoms with Crippen molar-refractivity contribution in [2.75, 3.05) is 13.7 Å². The highest BCUT2D eigenvalue weighted by molar-refractivity contribution is 5.97. The Kier molecular flexibility index (Phi) is 3.80. The summed E-state index contributed by atoms with van der Waals surface area (Å²) in [4.78, 5) is 30.2. The molecule has 0 saturated heterocycles. The number of aromatic amines is 1. The number of nitrogens with one attached hydrogen (secondary N) is 1. The second-order valence-corrected chi connectivity index (χ2v) is 6.04. The Bertz CT molecular complexity index is 1030. The lowest BCUT2D eigenvalue weighted by molar-refractivity contribution is 0.0689. The molecule has 0 unspecified atom stereocenters. The fraction of sp³-hybridized carbons (Fsp3) is 0.222. The number of aromatic carboxylic acids is 1. The zero-order valence-electron chi connectivity index (χ0n) is 14.0. The molecule has 0 radical (unpaired) electrons. The molecule has 2 aromatic heterocycles. The minimum absolute atomic E-state index is 0.0256. The van der Waals surface area contributed by atoms with Crippen LogP contribution in [0.1, 0.15) is 32.2 Å². The van der Waals surface area contributed by atoms with Crippen LogP contribution in [0.4, 0.5) is 0 Å². The molecule has 132 valence electrons. The quantitative estimate of drug-likeness (QED) is 0.745. The first-order valence-corrected chi connectivity index (χ1v) is 8.11. The smallest absolute Gasteiger partial charge is 0.356 e. The van der Waals surface area contributed by atoms with Crippen LogP contribution in [0.15, 0.2) is 30.3 Å². The number of para-hydroxylation sites is 1. The summed E-state index contributed by atoms with van der Waals surface area (Å²) in [5.41, 5.74) is 2.31. The van der Waals surface area contributed by atoms with E-state index in [2.05, 4.69) is 15.2 Å². The van der Waals surface area contributed by atoms with Gasteiger partial charge in [0.2, 0.25) is 0 Å². The standard InChI is InChI=1S/C18H16N4O4/c1-26-15-8-13(19-12-5-3-2-4-10(12)15)17(23)22-7-6-11-14(9-22)20-21-16(11)18(24)25/h2-5,8H,6-7,9H2,1H3,(H,20,21)(H,24,25). The Morgan fingerprint density at radius 1 is 1.31 bits per heavy atom. The van der Waals surface area contributed by atoms with Gasteiger partial charge >= 0.3 is 5.97 Å². The first kappa shape index (κ1) is 16.1. The van der Waals surface area contributed by atoms with Gasteiger partial charge < -0.3 is 14.7 Å². The third kappa shape index (κ3) is 2.55. The Balaban J connectivity index is 1.66. The maximum atomic E-state index is 12.9. The second kappa shape index (κ2) is 6.14. The van der Waals surface area contributed by atoms with Crippen LogP contribution in [0.3, 0.4) is 0 Å². The molecule has 26 heavy (non-hydrogen) atoms. The summed E-state index contributed by atoms with van der Waals surface area (Å²) in [6.07, 6.45) is 0.434. The van der Waals surface area contributed by atoms with Crippen molar-refractivity contribution in [3.05, 3.63) is 53.0 Å². The summed E-state index contributed by atoms with van der Waals surface area (Å²) < 4.78 is 5.40. The van der Waals surface area contributed by atoms with Crippen molar-refractivity contribution in [2.45, 2.75) is 13.0 Å². The largest absolute Gasteiger partial charge is 0.496 e. The van der Waals surface area contributed by atoms with Gasteiger partial charge in [0, 0.05) is 23.6 Å². The van der Waals surface area contributed by atoms with Gasteiger partial charge in [0.15, 0.2) is 5.69 Å². The lowest BCUT2D eigenvalue weighted by Gasteiger charge is -2.26. The van der Waals surface area contributed by atoms with E-state index in [0.29, 0.717) is 41.2 Å². The molecule has 8 nitrogen and oxygen atoms in total. The number of pyridine rings is 1. The van der Waals surface area contributed by atoms with E-state index in [1.165, 1.54) is 0 Å². The summed E-state index contributed by atoms with van der Waals surface area (Å²) in [7, 11) is 1.56. The van der Waals surface area contributed by atoms with Crippen LogP contribution in [0.5, 0.6) is 5.75 Å². The molecular weight excluding hydrogens is 336 g/mol. The van der Waals surface area contributed by atoms with Crippen molar-refractivity contribution >= 4 is 22.8 Å². The summed E-state index contributed by atoms with van der Waals surface area (Å²) in [5, 5.41) is 16.6. The first-order chi connectivity index (χ1) is 12.6. The highest BCUT2D eigenvalue weighted by Crippen LogP contribution is 2.27. The summed E-state index contributed by atoms with van der Waals surface area (Å²) in [5.74, 6) is -0.708. The van der Waals surface area contributed by atoms with Gasteiger partial charge in [-0.2, -0.15) is 5.10 Å². The fourth-order valence-electron chi connectivity index (χ4n) is 3.25. The van der Waals surface area contributed by atoms with Crippen molar-refractivity contribution in [3.63, 3.8) is 0 Å². The van der Waals surface area contributed by atoms with Crippen LogP contribution < -0.4 is 4.74 Å². The number of nitrogens with zero attached hydrogens (tertiary/aromatic N) is 3. The zero-order chi connectivity index (χ0) is 18.3. The van der Waals surface area contributed by atoms with Crippen molar-refractivity contribution < 1.29 is 19.4 Å². The van der Waals surface area contributed by atoms with Crippen molar-refractivity contribution in [1.82, 2.24) is 20.1 Å². The van der Waals surface area contributed by atoms with Gasteiger partial charge in [0.05, 0.1) is 24.9 Å². The van der Waals surface area contributed by atoms with Crippen LogP contribution in [-0.2, 0) is 13.0 Å². The minimum Gasteiger partial charge on any atom is -0.496 e. The Morgan fingerprint density at radius 2 is 2.12 bits per heavy atom. The average Bonchev–Trinajstić information content (AvgIpc) is 3.10. The van der Waals surface area contributed by atoms with Gasteiger partial charge in [0.1, 0.15) is 11.4 Å². The number of carbonyl (C=O) groups excluding carboxylic acids is 1. The maximum absolute atomic E-state index is 12.9. The van der Waals surface area contributed by atoms with E-state index in [1.807, 2.05) is 24.3 Å². The van der Waals surface area contributed by atoms with Crippen molar-refractivity contribution in [2.24, 2.45) is 0 Å². The Morgan fingerprint density at radius 3 is 2.88 bits per heavy atom. The number of ether oxygens (including phenoxy) is 1. The fourth-order valence-corrected chi connectivity index (χ4v) is 3.25. The number of rotatable bonds is 3. The molecule has 0 fully saturated rings. The molecule has 1 amide bonds. The van der Waals surface area contributed by atoms with E-state index < -0.39 is 5.97 Å². The molecule has 0 saturated carbocycles. The number of carboxylic acids is 1. The number of amides is 1. The lowest BCUT2D eigenvalue weighted by atomic mass is 10.0. The first-order valence-electron chi connectivity index (χ1n) is 8.11. The van der Waals surface area contributed by atoms with Gasteiger partial charge in [-0.15, -0.1) is 0 Å². The summed E-state index contributed by atoms with van der Waals surface area (Å²) in [6, 6.07) is 9.10. The molecule has 0 atom stereocenters. The van der Waals surface area contributed by atoms with E-state index in [4.69, 9.17) is 9.84 Å². The highest BCUT2D eigenvalue weighted by Gasteiger charge is 2.28. The third-order valence-electron chi connectivity index (χ3n) is 4.54. The topological polar surface area (TPSA) is 108 Å². The van der Waals surface area contributed by atoms with Crippen LogP contribution in [0.2, 0.25) is 0 Å². The van der Waals surface area contributed by atoms with Crippen molar-refractivity contribution in [1.29, 1.82) is 0 Å². The molecule has 0 bridgehead atoms. The van der Waals surface area contributed by atoms with Gasteiger partial charge in [0.25, 0.3) is 5.91 Å². The minimum atomic E-state index is -1.07. The van der Waals surface area contributed by atoms with Gasteiger partial charge in [-0.3, -0.25) is 9.89 Å². The van der Waals surface area contributed by atoms with Gasteiger partial charge in [-0.25, -0.2) is 9.78 Å². The van der Waals surface area contributed by atoms with E-state index in [-0.39, 0.29) is 18.1 Å². The predicted molar refractivity (Wildman–Crippen MR) is 92.3 cm³/mol.